The number of rotatable bonds is 2. The number of nitrogens with one attached hydrogen (secondary N) is 1. The fraction of sp³-hybridized carbons (Fsp3) is 0.167. The van der Waals surface area contributed by atoms with Gasteiger partial charge in [-0.25, -0.2) is 9.97 Å². The van der Waals surface area contributed by atoms with Crippen molar-refractivity contribution in [2.45, 2.75) is 13.1 Å². The third-order valence-electron chi connectivity index (χ3n) is 2.21. The van der Waals surface area contributed by atoms with Gasteiger partial charge in [-0.2, -0.15) is 13.2 Å². The van der Waals surface area contributed by atoms with Crippen LogP contribution < -0.4 is 5.32 Å². The second-order valence-corrected chi connectivity index (χ2v) is 3.75. The van der Waals surface area contributed by atoms with Gasteiger partial charge >= 0.3 is 6.18 Å². The number of pyridine rings is 2. The van der Waals surface area contributed by atoms with E-state index in [9.17, 15) is 13.2 Å². The summed E-state index contributed by atoms with van der Waals surface area (Å²) in [6.45, 7) is 1.87. The van der Waals surface area contributed by atoms with Crippen LogP contribution in [0.3, 0.4) is 0 Å². The smallest absolute Gasteiger partial charge is 0.325 e. The average molecular weight is 253 g/mol. The van der Waals surface area contributed by atoms with Crippen molar-refractivity contribution < 1.29 is 13.2 Å². The summed E-state index contributed by atoms with van der Waals surface area (Å²) in [5.41, 5.74) is 0.0274. The maximum atomic E-state index is 12.5. The van der Waals surface area contributed by atoms with E-state index in [1.54, 1.807) is 18.3 Å². The molecule has 0 amide bonds. The lowest BCUT2D eigenvalue weighted by Gasteiger charge is -2.09. The third-order valence-corrected chi connectivity index (χ3v) is 2.21. The molecule has 2 aromatic heterocycles. The summed E-state index contributed by atoms with van der Waals surface area (Å²) < 4.78 is 37.4. The highest BCUT2D eigenvalue weighted by atomic mass is 19.4. The van der Waals surface area contributed by atoms with Crippen LogP contribution in [-0.2, 0) is 6.18 Å². The van der Waals surface area contributed by atoms with Crippen molar-refractivity contribution in [2.24, 2.45) is 0 Å². The van der Waals surface area contributed by atoms with Crippen LogP contribution in [0.25, 0.3) is 0 Å². The van der Waals surface area contributed by atoms with E-state index >= 15 is 0 Å². The Morgan fingerprint density at radius 1 is 1.11 bits per heavy atom. The molecule has 1 N–H and O–H groups in total. The molecule has 0 saturated carbocycles. The summed E-state index contributed by atoms with van der Waals surface area (Å²) in [5, 5.41) is 2.74. The molecule has 18 heavy (non-hydrogen) atoms. The van der Waals surface area contributed by atoms with Crippen LogP contribution in [0.5, 0.6) is 0 Å². The average Bonchev–Trinajstić information content (AvgIpc) is 2.28. The SMILES string of the molecule is Cc1ccnc(Nc2cccc(C(F)(F)F)n2)c1. The first kappa shape index (κ1) is 12.3. The summed E-state index contributed by atoms with van der Waals surface area (Å²) in [4.78, 5) is 7.49. The molecule has 0 aliphatic carbocycles. The molecule has 0 saturated heterocycles. The molecule has 0 fully saturated rings. The summed E-state index contributed by atoms with van der Waals surface area (Å²) in [6.07, 6.45) is -2.87. The van der Waals surface area contributed by atoms with Crippen molar-refractivity contribution in [1.82, 2.24) is 9.97 Å². The Hall–Kier alpha value is -2.11. The van der Waals surface area contributed by atoms with Crippen LogP contribution in [0, 0.1) is 6.92 Å². The molecular weight excluding hydrogens is 243 g/mol. The molecule has 2 heterocycles. The van der Waals surface area contributed by atoms with Crippen LogP contribution in [0.15, 0.2) is 36.5 Å². The van der Waals surface area contributed by atoms with Crippen LogP contribution in [0.1, 0.15) is 11.3 Å². The van der Waals surface area contributed by atoms with Gasteiger partial charge in [0.25, 0.3) is 0 Å². The number of aromatic nitrogens is 2. The number of anilines is 2. The molecule has 2 rings (SSSR count). The zero-order valence-electron chi connectivity index (χ0n) is 9.49. The molecule has 0 spiro atoms. The third kappa shape index (κ3) is 2.97. The van der Waals surface area contributed by atoms with E-state index in [1.807, 2.05) is 6.92 Å². The highest BCUT2D eigenvalue weighted by molar-refractivity contribution is 5.52. The quantitative estimate of drug-likeness (QED) is 0.889. The first-order valence-electron chi connectivity index (χ1n) is 5.19. The van der Waals surface area contributed by atoms with Crippen molar-refractivity contribution in [3.63, 3.8) is 0 Å². The monoisotopic (exact) mass is 253 g/mol. The Bertz CT molecular complexity index is 552. The second kappa shape index (κ2) is 4.64. The van der Waals surface area contributed by atoms with E-state index in [2.05, 4.69) is 15.3 Å². The Morgan fingerprint density at radius 3 is 2.56 bits per heavy atom. The van der Waals surface area contributed by atoms with E-state index in [0.717, 1.165) is 11.6 Å². The molecule has 0 atom stereocenters. The molecule has 0 aromatic carbocycles. The largest absolute Gasteiger partial charge is 0.433 e. The first-order chi connectivity index (χ1) is 8.45. The van der Waals surface area contributed by atoms with E-state index in [4.69, 9.17) is 0 Å². The van der Waals surface area contributed by atoms with Gasteiger partial charge in [0.2, 0.25) is 0 Å². The van der Waals surface area contributed by atoms with Gasteiger partial charge in [0.15, 0.2) is 0 Å². The number of hydrogen-bond donors (Lipinski definition) is 1. The molecule has 94 valence electrons. The molecule has 2 aromatic rings. The molecule has 0 aliphatic rings. The normalized spacial score (nSPS) is 11.3. The minimum absolute atomic E-state index is 0.114. The van der Waals surface area contributed by atoms with Crippen LogP contribution in [-0.4, -0.2) is 9.97 Å². The minimum Gasteiger partial charge on any atom is -0.325 e. The number of alkyl halides is 3. The summed E-state index contributed by atoms with van der Waals surface area (Å²) in [5.74, 6) is 0.574. The van der Waals surface area contributed by atoms with Gasteiger partial charge in [0, 0.05) is 6.20 Å². The highest BCUT2D eigenvalue weighted by Gasteiger charge is 2.32. The fourth-order valence-electron chi connectivity index (χ4n) is 1.40. The number of nitrogens with zero attached hydrogens (tertiary/aromatic N) is 2. The van der Waals surface area contributed by atoms with Gasteiger partial charge in [-0.1, -0.05) is 6.07 Å². The predicted molar refractivity (Wildman–Crippen MR) is 61.5 cm³/mol. The van der Waals surface area contributed by atoms with Gasteiger partial charge < -0.3 is 5.32 Å². The van der Waals surface area contributed by atoms with Crippen LogP contribution in [0.4, 0.5) is 24.8 Å². The van der Waals surface area contributed by atoms with Crippen molar-refractivity contribution in [3.8, 4) is 0 Å². The van der Waals surface area contributed by atoms with Crippen molar-refractivity contribution in [2.75, 3.05) is 5.32 Å². The molecular formula is C12H10F3N3. The fourth-order valence-corrected chi connectivity index (χ4v) is 1.40. The standard InChI is InChI=1S/C12H10F3N3/c1-8-5-6-16-11(7-8)18-10-4-2-3-9(17-10)12(13,14)15/h2-7H,1H3,(H,16,17,18). The zero-order chi connectivity index (χ0) is 13.2. The molecule has 0 radical (unpaired) electrons. The lowest BCUT2D eigenvalue weighted by molar-refractivity contribution is -0.141. The van der Waals surface area contributed by atoms with Gasteiger partial charge in [0.05, 0.1) is 0 Å². The number of aryl methyl sites for hydroxylation is 1. The van der Waals surface area contributed by atoms with Crippen molar-refractivity contribution >= 4 is 11.6 Å². The molecule has 0 aliphatic heterocycles. The van der Waals surface area contributed by atoms with Crippen LogP contribution in [0.2, 0.25) is 0 Å². The lowest BCUT2D eigenvalue weighted by atomic mass is 10.3. The molecule has 0 unspecified atom stereocenters. The lowest BCUT2D eigenvalue weighted by Crippen LogP contribution is -2.09. The number of hydrogen-bond acceptors (Lipinski definition) is 3. The van der Waals surface area contributed by atoms with Gasteiger partial charge in [-0.3, -0.25) is 0 Å². The minimum atomic E-state index is -4.45. The van der Waals surface area contributed by atoms with Crippen molar-refractivity contribution in [3.05, 3.63) is 47.8 Å². The Labute approximate surface area is 102 Å². The predicted octanol–water partition coefficient (Wildman–Crippen LogP) is 3.55. The molecule has 0 bridgehead atoms. The second-order valence-electron chi connectivity index (χ2n) is 3.75. The van der Waals surface area contributed by atoms with E-state index < -0.39 is 11.9 Å². The zero-order valence-corrected chi connectivity index (χ0v) is 9.49. The van der Waals surface area contributed by atoms with E-state index in [-0.39, 0.29) is 5.82 Å². The Kier molecular flexibility index (Phi) is 3.18. The number of halogens is 3. The van der Waals surface area contributed by atoms with E-state index in [1.165, 1.54) is 12.1 Å². The van der Waals surface area contributed by atoms with Gasteiger partial charge in [-0.05, 0) is 36.8 Å². The van der Waals surface area contributed by atoms with Gasteiger partial charge in [0.1, 0.15) is 17.3 Å². The van der Waals surface area contributed by atoms with Crippen molar-refractivity contribution in [1.29, 1.82) is 0 Å². The van der Waals surface area contributed by atoms with Gasteiger partial charge in [-0.15, -0.1) is 0 Å². The Morgan fingerprint density at radius 2 is 1.89 bits per heavy atom. The maximum absolute atomic E-state index is 12.5. The topological polar surface area (TPSA) is 37.8 Å². The summed E-state index contributed by atoms with van der Waals surface area (Å²) in [7, 11) is 0. The first-order valence-corrected chi connectivity index (χ1v) is 5.19. The maximum Gasteiger partial charge on any atom is 0.433 e. The highest BCUT2D eigenvalue weighted by Crippen LogP contribution is 2.28. The summed E-state index contributed by atoms with van der Waals surface area (Å²) >= 11 is 0. The molecule has 3 nitrogen and oxygen atoms in total. The Balaban J connectivity index is 2.25. The summed E-state index contributed by atoms with van der Waals surface area (Å²) in [6, 6.07) is 7.20. The van der Waals surface area contributed by atoms with Crippen LogP contribution >= 0.6 is 0 Å². The molecule has 6 heteroatoms. The van der Waals surface area contributed by atoms with E-state index in [0.29, 0.717) is 5.82 Å².